The summed E-state index contributed by atoms with van der Waals surface area (Å²) in [6, 6.07) is 12.8. The van der Waals surface area contributed by atoms with Crippen LogP contribution in [0.4, 0.5) is 4.39 Å². The number of hydrogen-bond acceptors (Lipinski definition) is 5. The zero-order chi connectivity index (χ0) is 24.1. The lowest BCUT2D eigenvalue weighted by atomic mass is 9.95. The van der Waals surface area contributed by atoms with E-state index < -0.39 is 0 Å². The molecule has 3 aromatic rings. The number of nitriles is 1. The van der Waals surface area contributed by atoms with Crippen LogP contribution in [0.2, 0.25) is 10.0 Å². The molecule has 1 aromatic heterocycles. The molecule has 5 nitrogen and oxygen atoms in total. The van der Waals surface area contributed by atoms with Gasteiger partial charge >= 0.3 is 0 Å². The highest BCUT2D eigenvalue weighted by atomic mass is 35.5. The standard InChI is InChI=1S/C19H21Cl2NO3.C7H4FN/c20-15-2-1-3-16(21)17(15)18-14(19(25-22-18)11-4-5-11)10-24-13-8-6-12(23)7-9-13;8-7-3-1-2-6(4-7)5-9/h1-3,11-13,23H,4-10H2;1-4H. The molecule has 2 saturated carbocycles. The van der Waals surface area contributed by atoms with E-state index >= 15 is 0 Å². The van der Waals surface area contributed by atoms with Gasteiger partial charge in [0.15, 0.2) is 0 Å². The Kier molecular flexibility index (Phi) is 8.23. The van der Waals surface area contributed by atoms with Crippen molar-refractivity contribution in [3.8, 4) is 17.3 Å². The number of nitrogens with zero attached hydrogens (tertiary/aromatic N) is 2. The Balaban J connectivity index is 0.000000257. The molecule has 5 rings (SSSR count). The molecule has 0 unspecified atom stereocenters. The first-order valence-electron chi connectivity index (χ1n) is 11.3. The van der Waals surface area contributed by atoms with Crippen molar-refractivity contribution in [1.29, 1.82) is 5.26 Å². The third-order valence-corrected chi connectivity index (χ3v) is 6.66. The quantitative estimate of drug-likeness (QED) is 0.404. The molecule has 1 heterocycles. The van der Waals surface area contributed by atoms with Crippen LogP contribution in [0, 0.1) is 17.1 Å². The van der Waals surface area contributed by atoms with Crippen LogP contribution in [-0.4, -0.2) is 22.5 Å². The Labute approximate surface area is 208 Å². The normalized spacial score (nSPS) is 19.7. The van der Waals surface area contributed by atoms with Crippen molar-refractivity contribution < 1.29 is 18.8 Å². The van der Waals surface area contributed by atoms with Crippen LogP contribution < -0.4 is 0 Å². The summed E-state index contributed by atoms with van der Waals surface area (Å²) < 4.78 is 24.0. The number of halogens is 3. The third-order valence-electron chi connectivity index (χ3n) is 6.03. The van der Waals surface area contributed by atoms with Crippen molar-refractivity contribution >= 4 is 23.2 Å². The summed E-state index contributed by atoms with van der Waals surface area (Å²) in [5.41, 5.74) is 2.71. The smallest absolute Gasteiger partial charge is 0.145 e. The monoisotopic (exact) mass is 502 g/mol. The molecule has 0 saturated heterocycles. The van der Waals surface area contributed by atoms with Crippen molar-refractivity contribution in [1.82, 2.24) is 5.16 Å². The minimum atomic E-state index is -0.367. The molecule has 0 aliphatic heterocycles. The van der Waals surface area contributed by atoms with Crippen LogP contribution >= 0.6 is 23.2 Å². The number of aliphatic hydroxyl groups excluding tert-OH is 1. The Morgan fingerprint density at radius 3 is 2.32 bits per heavy atom. The van der Waals surface area contributed by atoms with Gasteiger partial charge in [-0.3, -0.25) is 0 Å². The van der Waals surface area contributed by atoms with Crippen molar-refractivity contribution in [2.45, 2.75) is 63.3 Å². The second kappa shape index (κ2) is 11.3. The summed E-state index contributed by atoms with van der Waals surface area (Å²) in [4.78, 5) is 0. The predicted molar refractivity (Wildman–Crippen MR) is 128 cm³/mol. The van der Waals surface area contributed by atoms with Crippen molar-refractivity contribution in [3.05, 3.63) is 75.2 Å². The number of rotatable bonds is 5. The highest BCUT2D eigenvalue weighted by Crippen LogP contribution is 2.46. The van der Waals surface area contributed by atoms with Gasteiger partial charge in [0.2, 0.25) is 0 Å². The van der Waals surface area contributed by atoms with Gasteiger partial charge < -0.3 is 14.4 Å². The first-order chi connectivity index (χ1) is 16.5. The zero-order valence-corrected chi connectivity index (χ0v) is 20.0. The summed E-state index contributed by atoms with van der Waals surface area (Å²) in [5, 5.41) is 23.3. The van der Waals surface area contributed by atoms with Crippen LogP contribution in [0.25, 0.3) is 11.3 Å². The molecular weight excluding hydrogens is 478 g/mol. The van der Waals surface area contributed by atoms with Crippen molar-refractivity contribution in [2.24, 2.45) is 0 Å². The molecule has 2 fully saturated rings. The Morgan fingerprint density at radius 2 is 1.74 bits per heavy atom. The van der Waals surface area contributed by atoms with Gasteiger partial charge in [-0.2, -0.15) is 5.26 Å². The fourth-order valence-electron chi connectivity index (χ4n) is 4.02. The fraction of sp³-hybridized carbons (Fsp3) is 0.385. The van der Waals surface area contributed by atoms with Crippen LogP contribution in [0.3, 0.4) is 0 Å². The van der Waals surface area contributed by atoms with Gasteiger partial charge in [-0.05, 0) is 68.9 Å². The van der Waals surface area contributed by atoms with Gasteiger partial charge in [-0.1, -0.05) is 40.5 Å². The van der Waals surface area contributed by atoms with Crippen LogP contribution in [-0.2, 0) is 11.3 Å². The molecule has 2 aromatic carbocycles. The fourth-order valence-corrected chi connectivity index (χ4v) is 4.60. The Morgan fingerprint density at radius 1 is 1.06 bits per heavy atom. The average Bonchev–Trinajstić information content (AvgIpc) is 3.59. The number of aliphatic hydroxyl groups is 1. The largest absolute Gasteiger partial charge is 0.393 e. The van der Waals surface area contributed by atoms with Crippen LogP contribution in [0.15, 0.2) is 47.0 Å². The second-order valence-electron chi connectivity index (χ2n) is 8.61. The van der Waals surface area contributed by atoms with E-state index in [1.807, 2.05) is 12.1 Å². The number of benzene rings is 2. The lowest BCUT2D eigenvalue weighted by molar-refractivity contribution is -0.0121. The summed E-state index contributed by atoms with van der Waals surface area (Å²) in [5.74, 6) is 0.963. The van der Waals surface area contributed by atoms with Gasteiger partial charge in [-0.25, -0.2) is 4.39 Å². The molecular formula is C26H25Cl2FN2O3. The first-order valence-corrected chi connectivity index (χ1v) is 12.1. The Hall–Kier alpha value is -2.43. The zero-order valence-electron chi connectivity index (χ0n) is 18.5. The van der Waals surface area contributed by atoms with E-state index in [0.717, 1.165) is 49.8 Å². The van der Waals surface area contributed by atoms with Gasteiger partial charge in [0.05, 0.1) is 40.5 Å². The third kappa shape index (κ3) is 6.17. The molecule has 178 valence electrons. The highest BCUT2D eigenvalue weighted by Gasteiger charge is 2.34. The van der Waals surface area contributed by atoms with E-state index in [2.05, 4.69) is 5.16 Å². The summed E-state index contributed by atoms with van der Waals surface area (Å²) in [6.45, 7) is 0.437. The lowest BCUT2D eigenvalue weighted by Crippen LogP contribution is -2.24. The summed E-state index contributed by atoms with van der Waals surface area (Å²) in [7, 11) is 0. The van der Waals surface area contributed by atoms with Gasteiger partial charge in [0.1, 0.15) is 17.3 Å². The molecule has 8 heteroatoms. The number of hydrogen-bond donors (Lipinski definition) is 1. The van der Waals surface area contributed by atoms with E-state index in [1.54, 1.807) is 18.2 Å². The van der Waals surface area contributed by atoms with Crippen LogP contribution in [0.1, 0.15) is 61.3 Å². The molecule has 0 radical (unpaired) electrons. The molecule has 34 heavy (non-hydrogen) atoms. The van der Waals surface area contributed by atoms with Gasteiger partial charge in [0, 0.05) is 17.0 Å². The topological polar surface area (TPSA) is 79.3 Å². The summed E-state index contributed by atoms with van der Waals surface area (Å²) in [6.07, 6.45) is 5.58. The van der Waals surface area contributed by atoms with Crippen molar-refractivity contribution in [3.63, 3.8) is 0 Å². The maximum Gasteiger partial charge on any atom is 0.145 e. The minimum Gasteiger partial charge on any atom is -0.393 e. The second-order valence-corrected chi connectivity index (χ2v) is 9.42. The molecule has 1 N–H and O–H groups in total. The number of ether oxygens (including phenoxy) is 1. The van der Waals surface area contributed by atoms with Gasteiger partial charge in [0.25, 0.3) is 0 Å². The lowest BCUT2D eigenvalue weighted by Gasteiger charge is -2.25. The first kappa shape index (κ1) is 24.7. The maximum atomic E-state index is 12.2. The van der Waals surface area contributed by atoms with E-state index in [0.29, 0.717) is 39.4 Å². The molecule has 0 amide bonds. The molecule has 0 atom stereocenters. The highest BCUT2D eigenvalue weighted by molar-refractivity contribution is 6.39. The van der Waals surface area contributed by atoms with E-state index in [9.17, 15) is 9.50 Å². The SMILES string of the molecule is N#Cc1cccc(F)c1.OC1CCC(OCc2c(-c3c(Cl)cccc3Cl)noc2C2CC2)CC1. The van der Waals surface area contributed by atoms with Crippen LogP contribution in [0.5, 0.6) is 0 Å². The minimum absolute atomic E-state index is 0.167. The average molecular weight is 503 g/mol. The molecule has 0 bridgehead atoms. The predicted octanol–water partition coefficient (Wildman–Crippen LogP) is 7.04. The Bertz CT molecular complexity index is 1140. The summed E-state index contributed by atoms with van der Waals surface area (Å²) >= 11 is 12.7. The number of aromatic nitrogens is 1. The molecule has 2 aliphatic rings. The van der Waals surface area contributed by atoms with E-state index in [-0.39, 0.29) is 18.0 Å². The van der Waals surface area contributed by atoms with Gasteiger partial charge in [-0.15, -0.1) is 0 Å². The molecule has 0 spiro atoms. The van der Waals surface area contributed by atoms with E-state index in [4.69, 9.17) is 37.7 Å². The molecule has 2 aliphatic carbocycles. The van der Waals surface area contributed by atoms with E-state index in [1.165, 1.54) is 18.2 Å². The maximum absolute atomic E-state index is 12.2. The van der Waals surface area contributed by atoms with Crippen molar-refractivity contribution in [2.75, 3.05) is 0 Å².